The molecular formula is C20H21FN2O3. The van der Waals surface area contributed by atoms with Crippen molar-refractivity contribution in [2.45, 2.75) is 25.9 Å². The van der Waals surface area contributed by atoms with E-state index in [1.165, 1.54) is 19.1 Å². The number of hydrogen-bond acceptors (Lipinski definition) is 3. The Morgan fingerprint density at radius 1 is 1.19 bits per heavy atom. The van der Waals surface area contributed by atoms with Crippen LogP contribution in [-0.4, -0.2) is 30.5 Å². The maximum atomic E-state index is 12.9. The summed E-state index contributed by atoms with van der Waals surface area (Å²) in [5, 5.41) is 2.76. The van der Waals surface area contributed by atoms with E-state index in [0.717, 1.165) is 5.56 Å². The van der Waals surface area contributed by atoms with Gasteiger partial charge in [0.1, 0.15) is 11.6 Å². The highest BCUT2D eigenvalue weighted by atomic mass is 19.1. The van der Waals surface area contributed by atoms with Gasteiger partial charge in [-0.05, 0) is 50.1 Å². The Bertz CT molecular complexity index is 822. The number of carbonyl (C=O) groups is 2. The molecule has 0 saturated heterocycles. The Labute approximate surface area is 151 Å². The zero-order chi connectivity index (χ0) is 18.7. The predicted molar refractivity (Wildman–Crippen MR) is 96.6 cm³/mol. The molecule has 26 heavy (non-hydrogen) atoms. The summed E-state index contributed by atoms with van der Waals surface area (Å²) in [6.07, 6.45) is 0.532. The second kappa shape index (κ2) is 7.15. The topological polar surface area (TPSA) is 58.6 Å². The van der Waals surface area contributed by atoms with Crippen molar-refractivity contribution in [2.75, 3.05) is 18.0 Å². The number of halogens is 1. The van der Waals surface area contributed by atoms with E-state index < -0.39 is 17.4 Å². The molecule has 0 aliphatic carbocycles. The monoisotopic (exact) mass is 356 g/mol. The van der Waals surface area contributed by atoms with Gasteiger partial charge in [0, 0.05) is 13.1 Å². The molecule has 1 aliphatic rings. The van der Waals surface area contributed by atoms with Crippen LogP contribution in [0.2, 0.25) is 0 Å². The Morgan fingerprint density at radius 3 is 2.58 bits per heavy atom. The first-order chi connectivity index (χ1) is 12.5. The van der Waals surface area contributed by atoms with E-state index in [1.54, 1.807) is 35.2 Å². The van der Waals surface area contributed by atoms with Crippen LogP contribution in [0.3, 0.4) is 0 Å². The minimum absolute atomic E-state index is 0.301. The second-order valence-electron chi connectivity index (χ2n) is 6.28. The molecule has 5 nitrogen and oxygen atoms in total. The van der Waals surface area contributed by atoms with Gasteiger partial charge in [-0.25, -0.2) is 4.39 Å². The van der Waals surface area contributed by atoms with Crippen molar-refractivity contribution in [1.29, 1.82) is 0 Å². The number of amides is 2. The van der Waals surface area contributed by atoms with Crippen molar-refractivity contribution < 1.29 is 18.7 Å². The van der Waals surface area contributed by atoms with Crippen LogP contribution in [-0.2, 0) is 16.0 Å². The predicted octanol–water partition coefficient (Wildman–Crippen LogP) is 2.69. The molecule has 1 aliphatic heterocycles. The van der Waals surface area contributed by atoms with E-state index in [0.29, 0.717) is 30.9 Å². The standard InChI is InChI=1S/C20H21FN2O3/c1-3-23-16-6-4-5-7-17(16)26-20(2,19(23)25)18(24)22-13-12-14-8-10-15(21)11-9-14/h4-11H,3,12-13H2,1-2H3,(H,22,24). The number of nitrogens with zero attached hydrogens (tertiary/aromatic N) is 1. The third-order valence-corrected chi connectivity index (χ3v) is 4.49. The van der Waals surface area contributed by atoms with E-state index in [-0.39, 0.29) is 5.82 Å². The van der Waals surface area contributed by atoms with Crippen molar-refractivity contribution in [2.24, 2.45) is 0 Å². The second-order valence-corrected chi connectivity index (χ2v) is 6.28. The molecule has 2 aromatic rings. The van der Waals surface area contributed by atoms with E-state index in [9.17, 15) is 14.0 Å². The molecule has 1 atom stereocenters. The Morgan fingerprint density at radius 2 is 1.88 bits per heavy atom. The average Bonchev–Trinajstić information content (AvgIpc) is 2.64. The summed E-state index contributed by atoms with van der Waals surface area (Å²) in [5.41, 5.74) is -0.0578. The summed E-state index contributed by atoms with van der Waals surface area (Å²) in [6.45, 7) is 4.11. The highest BCUT2D eigenvalue weighted by Gasteiger charge is 2.50. The summed E-state index contributed by atoms with van der Waals surface area (Å²) < 4.78 is 18.7. The zero-order valence-corrected chi connectivity index (χ0v) is 14.8. The van der Waals surface area contributed by atoms with Crippen LogP contribution in [0.15, 0.2) is 48.5 Å². The third-order valence-electron chi connectivity index (χ3n) is 4.49. The number of ether oxygens (including phenoxy) is 1. The molecule has 0 saturated carbocycles. The van der Waals surface area contributed by atoms with E-state index in [1.807, 2.05) is 13.0 Å². The molecule has 6 heteroatoms. The van der Waals surface area contributed by atoms with Crippen LogP contribution < -0.4 is 15.0 Å². The number of para-hydroxylation sites is 2. The summed E-state index contributed by atoms with van der Waals surface area (Å²) in [6, 6.07) is 13.3. The first-order valence-corrected chi connectivity index (χ1v) is 8.58. The van der Waals surface area contributed by atoms with Crippen molar-refractivity contribution in [3.05, 3.63) is 59.9 Å². The normalized spacial score (nSPS) is 18.9. The quantitative estimate of drug-likeness (QED) is 0.838. The molecule has 2 aromatic carbocycles. The first-order valence-electron chi connectivity index (χ1n) is 8.58. The van der Waals surface area contributed by atoms with Gasteiger partial charge in [-0.3, -0.25) is 9.59 Å². The molecule has 136 valence electrons. The summed E-state index contributed by atoms with van der Waals surface area (Å²) >= 11 is 0. The van der Waals surface area contributed by atoms with E-state index in [4.69, 9.17) is 4.74 Å². The minimum atomic E-state index is -1.62. The van der Waals surface area contributed by atoms with Crippen LogP contribution in [0.25, 0.3) is 0 Å². The summed E-state index contributed by atoms with van der Waals surface area (Å²) in [4.78, 5) is 27.1. The number of benzene rings is 2. The van der Waals surface area contributed by atoms with Crippen molar-refractivity contribution in [3.8, 4) is 5.75 Å². The minimum Gasteiger partial charge on any atom is -0.466 e. The lowest BCUT2D eigenvalue weighted by atomic mass is 9.99. The van der Waals surface area contributed by atoms with Crippen LogP contribution in [0, 0.1) is 5.82 Å². The van der Waals surface area contributed by atoms with Gasteiger partial charge in [0.05, 0.1) is 5.69 Å². The first kappa shape index (κ1) is 17.9. The lowest BCUT2D eigenvalue weighted by molar-refractivity contribution is -0.148. The molecule has 0 spiro atoms. The maximum Gasteiger partial charge on any atom is 0.280 e. The van der Waals surface area contributed by atoms with Gasteiger partial charge in [0.15, 0.2) is 0 Å². The summed E-state index contributed by atoms with van der Waals surface area (Å²) in [7, 11) is 0. The number of fused-ring (bicyclic) bond motifs is 1. The van der Waals surface area contributed by atoms with Crippen molar-refractivity contribution in [3.63, 3.8) is 0 Å². The number of hydrogen-bond donors (Lipinski definition) is 1. The van der Waals surface area contributed by atoms with Crippen LogP contribution in [0.4, 0.5) is 10.1 Å². The fourth-order valence-electron chi connectivity index (χ4n) is 2.99. The van der Waals surface area contributed by atoms with Crippen molar-refractivity contribution >= 4 is 17.5 Å². The highest BCUT2D eigenvalue weighted by molar-refractivity contribution is 6.16. The third kappa shape index (κ3) is 3.27. The molecule has 3 rings (SSSR count). The van der Waals surface area contributed by atoms with E-state index in [2.05, 4.69) is 5.32 Å². The lowest BCUT2D eigenvalue weighted by Crippen LogP contribution is -2.62. The number of nitrogens with one attached hydrogen (secondary N) is 1. The number of carbonyl (C=O) groups excluding carboxylic acids is 2. The fraction of sp³-hybridized carbons (Fsp3) is 0.300. The molecule has 0 fully saturated rings. The van der Waals surface area contributed by atoms with Gasteiger partial charge in [-0.2, -0.15) is 0 Å². The summed E-state index contributed by atoms with van der Waals surface area (Å²) in [5.74, 6) is -0.675. The molecule has 1 heterocycles. The Hall–Kier alpha value is -2.89. The van der Waals surface area contributed by atoms with Crippen LogP contribution >= 0.6 is 0 Å². The van der Waals surface area contributed by atoms with Crippen LogP contribution in [0.1, 0.15) is 19.4 Å². The van der Waals surface area contributed by atoms with Gasteiger partial charge >= 0.3 is 0 Å². The van der Waals surface area contributed by atoms with Gasteiger partial charge in [0.25, 0.3) is 17.4 Å². The molecule has 1 N–H and O–H groups in total. The van der Waals surface area contributed by atoms with Gasteiger partial charge in [0.2, 0.25) is 0 Å². The molecular weight excluding hydrogens is 335 g/mol. The smallest absolute Gasteiger partial charge is 0.280 e. The number of likely N-dealkylation sites (N-methyl/N-ethyl adjacent to an activating group) is 1. The van der Waals surface area contributed by atoms with E-state index >= 15 is 0 Å². The van der Waals surface area contributed by atoms with Gasteiger partial charge in [-0.15, -0.1) is 0 Å². The zero-order valence-electron chi connectivity index (χ0n) is 14.8. The number of rotatable bonds is 5. The largest absolute Gasteiger partial charge is 0.466 e. The Balaban J connectivity index is 1.71. The molecule has 2 amide bonds. The molecule has 1 unspecified atom stereocenters. The SMILES string of the molecule is CCN1C(=O)C(C)(C(=O)NCCc2ccc(F)cc2)Oc2ccccc21. The lowest BCUT2D eigenvalue weighted by Gasteiger charge is -2.39. The fourth-order valence-corrected chi connectivity index (χ4v) is 2.99. The number of anilines is 1. The highest BCUT2D eigenvalue weighted by Crippen LogP contribution is 2.37. The van der Waals surface area contributed by atoms with Gasteiger partial charge in [-0.1, -0.05) is 24.3 Å². The van der Waals surface area contributed by atoms with Gasteiger partial charge < -0.3 is 15.0 Å². The average molecular weight is 356 g/mol. The van der Waals surface area contributed by atoms with Crippen molar-refractivity contribution in [1.82, 2.24) is 5.32 Å². The molecule has 0 bridgehead atoms. The van der Waals surface area contributed by atoms with Crippen LogP contribution in [0.5, 0.6) is 5.75 Å². The maximum absolute atomic E-state index is 12.9. The Kier molecular flexibility index (Phi) is 4.93. The molecule has 0 aromatic heterocycles. The molecule has 0 radical (unpaired) electrons.